The number of aryl methyl sites for hydroxylation is 2. The Labute approximate surface area is 112 Å². The lowest BCUT2D eigenvalue weighted by Crippen LogP contribution is -2.18. The molecule has 0 fully saturated rings. The average molecular weight is 254 g/mol. The van der Waals surface area contributed by atoms with Crippen LogP contribution in [0.3, 0.4) is 0 Å². The van der Waals surface area contributed by atoms with Gasteiger partial charge >= 0.3 is 0 Å². The normalized spacial score (nSPS) is 22.0. The fourth-order valence-electron chi connectivity index (χ4n) is 3.50. The van der Waals surface area contributed by atoms with Gasteiger partial charge in [-0.2, -0.15) is 0 Å². The first-order valence-corrected chi connectivity index (χ1v) is 7.07. The molecule has 0 unspecified atom stereocenters. The van der Waals surface area contributed by atoms with Crippen LogP contribution in [0.2, 0.25) is 0 Å². The number of aliphatic hydroxyl groups is 1. The SMILES string of the molecule is Cc1ccc2c(c1)c1c3n2C[C@H](O)CN=C3CCC1. The fourth-order valence-corrected chi connectivity index (χ4v) is 3.50. The van der Waals surface area contributed by atoms with Gasteiger partial charge in [0.1, 0.15) is 0 Å². The first-order chi connectivity index (χ1) is 9.24. The van der Waals surface area contributed by atoms with Crippen molar-refractivity contribution in [1.29, 1.82) is 0 Å². The summed E-state index contributed by atoms with van der Waals surface area (Å²) in [4.78, 5) is 4.64. The van der Waals surface area contributed by atoms with E-state index in [1.54, 1.807) is 0 Å². The van der Waals surface area contributed by atoms with Gasteiger partial charge in [-0.15, -0.1) is 0 Å². The van der Waals surface area contributed by atoms with Crippen molar-refractivity contribution in [3.05, 3.63) is 35.0 Å². The van der Waals surface area contributed by atoms with Crippen LogP contribution in [0, 0.1) is 6.92 Å². The molecule has 3 heteroatoms. The molecule has 19 heavy (non-hydrogen) atoms. The van der Waals surface area contributed by atoms with E-state index in [0.717, 1.165) is 12.8 Å². The summed E-state index contributed by atoms with van der Waals surface area (Å²) in [6.07, 6.45) is 3.00. The number of hydrogen-bond acceptors (Lipinski definition) is 2. The van der Waals surface area contributed by atoms with Crippen molar-refractivity contribution in [2.45, 2.75) is 38.8 Å². The van der Waals surface area contributed by atoms with E-state index in [4.69, 9.17) is 0 Å². The Kier molecular flexibility index (Phi) is 2.33. The van der Waals surface area contributed by atoms with E-state index in [2.05, 4.69) is 34.7 Å². The van der Waals surface area contributed by atoms with Gasteiger partial charge in [0.25, 0.3) is 0 Å². The molecule has 2 heterocycles. The van der Waals surface area contributed by atoms with Gasteiger partial charge in [-0.25, -0.2) is 0 Å². The molecule has 0 amide bonds. The third kappa shape index (κ3) is 1.58. The van der Waals surface area contributed by atoms with Gasteiger partial charge < -0.3 is 9.67 Å². The number of hydrogen-bond donors (Lipinski definition) is 1. The van der Waals surface area contributed by atoms with Gasteiger partial charge in [0.15, 0.2) is 0 Å². The molecule has 1 N–H and O–H groups in total. The van der Waals surface area contributed by atoms with Gasteiger partial charge in [-0.05, 0) is 43.9 Å². The molecule has 2 aliphatic rings. The number of rotatable bonds is 0. The second kappa shape index (κ2) is 3.94. The average Bonchev–Trinajstić information content (AvgIpc) is 2.60. The topological polar surface area (TPSA) is 37.5 Å². The van der Waals surface area contributed by atoms with Gasteiger partial charge in [-0.1, -0.05) is 11.6 Å². The third-order valence-corrected chi connectivity index (χ3v) is 4.32. The molecule has 98 valence electrons. The molecule has 3 nitrogen and oxygen atoms in total. The maximum atomic E-state index is 10.1. The lowest BCUT2D eigenvalue weighted by Gasteiger charge is -2.16. The Hall–Kier alpha value is -1.61. The zero-order chi connectivity index (χ0) is 13.0. The second-order valence-electron chi connectivity index (χ2n) is 5.75. The van der Waals surface area contributed by atoms with Crippen LogP contribution < -0.4 is 0 Å². The van der Waals surface area contributed by atoms with Crippen LogP contribution in [0.1, 0.15) is 29.7 Å². The molecule has 1 aromatic carbocycles. The van der Waals surface area contributed by atoms with E-state index >= 15 is 0 Å². The van der Waals surface area contributed by atoms with Crippen LogP contribution in [0.15, 0.2) is 23.2 Å². The Morgan fingerprint density at radius 1 is 1.32 bits per heavy atom. The molecule has 0 bridgehead atoms. The fraction of sp³-hybridized carbons (Fsp3) is 0.438. The molecule has 0 spiro atoms. The molecule has 4 rings (SSSR count). The van der Waals surface area contributed by atoms with Crippen molar-refractivity contribution >= 4 is 16.6 Å². The summed E-state index contributed by atoms with van der Waals surface area (Å²) >= 11 is 0. The van der Waals surface area contributed by atoms with E-state index in [9.17, 15) is 5.11 Å². The molecule has 1 aliphatic carbocycles. The second-order valence-corrected chi connectivity index (χ2v) is 5.75. The van der Waals surface area contributed by atoms with Crippen LogP contribution in [-0.4, -0.2) is 28.0 Å². The van der Waals surface area contributed by atoms with Gasteiger partial charge in [-0.3, -0.25) is 4.99 Å². The summed E-state index contributed by atoms with van der Waals surface area (Å²) in [6, 6.07) is 6.63. The summed E-state index contributed by atoms with van der Waals surface area (Å²) in [5.41, 5.74) is 6.49. The highest BCUT2D eigenvalue weighted by atomic mass is 16.3. The monoisotopic (exact) mass is 254 g/mol. The Morgan fingerprint density at radius 2 is 2.21 bits per heavy atom. The van der Waals surface area contributed by atoms with Gasteiger partial charge in [0.05, 0.1) is 30.6 Å². The third-order valence-electron chi connectivity index (χ3n) is 4.32. The quantitative estimate of drug-likeness (QED) is 0.770. The minimum absolute atomic E-state index is 0.362. The molecule has 0 saturated heterocycles. The van der Waals surface area contributed by atoms with Crippen molar-refractivity contribution in [3.63, 3.8) is 0 Å². The predicted octanol–water partition coefficient (Wildman–Crippen LogP) is 2.45. The molecular weight excluding hydrogens is 236 g/mol. The first kappa shape index (κ1) is 11.2. The van der Waals surface area contributed by atoms with Crippen LogP contribution in [0.25, 0.3) is 10.9 Å². The van der Waals surface area contributed by atoms with Crippen LogP contribution in [0.5, 0.6) is 0 Å². The number of benzene rings is 1. The lowest BCUT2D eigenvalue weighted by atomic mass is 9.93. The maximum Gasteiger partial charge on any atom is 0.0914 e. The van der Waals surface area contributed by atoms with Crippen LogP contribution in [0.4, 0.5) is 0 Å². The van der Waals surface area contributed by atoms with E-state index in [1.807, 2.05) is 0 Å². The predicted molar refractivity (Wildman–Crippen MR) is 77.0 cm³/mol. The Balaban J connectivity index is 2.10. The molecule has 0 radical (unpaired) electrons. The smallest absolute Gasteiger partial charge is 0.0914 e. The molecule has 1 aromatic heterocycles. The largest absolute Gasteiger partial charge is 0.389 e. The first-order valence-electron chi connectivity index (χ1n) is 7.07. The van der Waals surface area contributed by atoms with Crippen LogP contribution in [-0.2, 0) is 13.0 Å². The zero-order valence-electron chi connectivity index (χ0n) is 11.2. The Bertz CT molecular complexity index is 696. The number of aliphatic hydroxyl groups excluding tert-OH is 1. The molecular formula is C16H18N2O. The molecule has 1 aliphatic heterocycles. The summed E-state index contributed by atoms with van der Waals surface area (Å²) in [6.45, 7) is 3.35. The van der Waals surface area contributed by atoms with Crippen molar-refractivity contribution in [3.8, 4) is 0 Å². The van der Waals surface area contributed by atoms with E-state index in [1.165, 1.54) is 39.9 Å². The minimum atomic E-state index is -0.362. The maximum absolute atomic E-state index is 10.1. The Morgan fingerprint density at radius 3 is 3.11 bits per heavy atom. The van der Waals surface area contributed by atoms with Crippen LogP contribution >= 0.6 is 0 Å². The molecule has 1 atom stereocenters. The highest BCUT2D eigenvalue weighted by Gasteiger charge is 2.27. The number of aromatic nitrogens is 1. The summed E-state index contributed by atoms with van der Waals surface area (Å²) in [5, 5.41) is 11.4. The highest BCUT2D eigenvalue weighted by molar-refractivity contribution is 6.07. The van der Waals surface area contributed by atoms with Crippen molar-refractivity contribution in [1.82, 2.24) is 4.57 Å². The van der Waals surface area contributed by atoms with Crippen molar-refractivity contribution < 1.29 is 5.11 Å². The number of fused-ring (bicyclic) bond motifs is 3. The summed E-state index contributed by atoms with van der Waals surface area (Å²) < 4.78 is 2.29. The van der Waals surface area contributed by atoms with Gasteiger partial charge in [0, 0.05) is 10.9 Å². The lowest BCUT2D eigenvalue weighted by molar-refractivity contribution is 0.166. The number of nitrogens with zero attached hydrogens (tertiary/aromatic N) is 2. The van der Waals surface area contributed by atoms with E-state index < -0.39 is 0 Å². The van der Waals surface area contributed by atoms with Crippen molar-refractivity contribution in [2.24, 2.45) is 4.99 Å². The molecule has 2 aromatic rings. The standard InChI is InChI=1S/C16H18N2O/c1-10-5-6-15-13(7-10)12-3-2-4-14-16(12)18(15)9-11(19)8-17-14/h5-7,11,19H,2-4,8-9H2,1H3/t11-/m1/s1. The van der Waals surface area contributed by atoms with E-state index in [-0.39, 0.29) is 6.10 Å². The highest BCUT2D eigenvalue weighted by Crippen LogP contribution is 2.34. The minimum Gasteiger partial charge on any atom is -0.389 e. The zero-order valence-corrected chi connectivity index (χ0v) is 11.2. The van der Waals surface area contributed by atoms with E-state index in [0.29, 0.717) is 13.1 Å². The summed E-state index contributed by atoms with van der Waals surface area (Å²) in [7, 11) is 0. The van der Waals surface area contributed by atoms with Crippen molar-refractivity contribution in [2.75, 3.05) is 6.54 Å². The molecule has 0 saturated carbocycles. The van der Waals surface area contributed by atoms with Gasteiger partial charge in [0.2, 0.25) is 0 Å². The summed E-state index contributed by atoms with van der Waals surface area (Å²) in [5.74, 6) is 0. The number of aliphatic imine (C=N–C) groups is 1.